The normalized spacial score (nSPS) is 10.6. The quantitative estimate of drug-likeness (QED) is 0.761. The minimum Gasteiger partial charge on any atom is -0.322 e. The molecule has 0 radical (unpaired) electrons. The van der Waals surface area contributed by atoms with Crippen LogP contribution in [0.3, 0.4) is 0 Å². The summed E-state index contributed by atoms with van der Waals surface area (Å²) in [6.45, 7) is 1.98. The number of amides is 1. The van der Waals surface area contributed by atoms with E-state index in [9.17, 15) is 4.79 Å². The molecule has 3 aromatic rings. The van der Waals surface area contributed by atoms with Crippen molar-refractivity contribution in [3.8, 4) is 0 Å². The lowest BCUT2D eigenvalue weighted by molar-refractivity contribution is 0.102. The number of hydrogen-bond acceptors (Lipinski definition) is 3. The molecule has 1 aromatic carbocycles. The third kappa shape index (κ3) is 2.18. The van der Waals surface area contributed by atoms with Crippen molar-refractivity contribution in [3.63, 3.8) is 0 Å². The average molecular weight is 252 g/mol. The highest BCUT2D eigenvalue weighted by atomic mass is 16.1. The van der Waals surface area contributed by atoms with E-state index in [-0.39, 0.29) is 5.91 Å². The lowest BCUT2D eigenvalue weighted by atomic mass is 10.2. The molecule has 19 heavy (non-hydrogen) atoms. The van der Waals surface area contributed by atoms with Gasteiger partial charge >= 0.3 is 0 Å². The van der Waals surface area contributed by atoms with Crippen molar-refractivity contribution in [1.82, 2.24) is 14.6 Å². The van der Waals surface area contributed by atoms with Gasteiger partial charge in [-0.25, -0.2) is 9.50 Å². The number of anilines is 1. The van der Waals surface area contributed by atoms with Crippen LogP contribution in [0.1, 0.15) is 15.9 Å². The van der Waals surface area contributed by atoms with Gasteiger partial charge in [-0.1, -0.05) is 12.1 Å². The monoisotopic (exact) mass is 252 g/mol. The molecule has 0 aliphatic rings. The van der Waals surface area contributed by atoms with E-state index in [1.165, 1.54) is 6.20 Å². The first kappa shape index (κ1) is 11.4. The Morgan fingerprint density at radius 1 is 1.32 bits per heavy atom. The fourth-order valence-corrected chi connectivity index (χ4v) is 1.91. The van der Waals surface area contributed by atoms with Gasteiger partial charge in [0.2, 0.25) is 0 Å². The molecule has 0 saturated heterocycles. The molecule has 2 heterocycles. The highest BCUT2D eigenvalue weighted by Gasteiger charge is 2.13. The second-order valence-electron chi connectivity index (χ2n) is 4.27. The molecule has 0 aliphatic carbocycles. The van der Waals surface area contributed by atoms with Crippen molar-refractivity contribution >= 4 is 17.2 Å². The van der Waals surface area contributed by atoms with Gasteiger partial charge < -0.3 is 5.32 Å². The van der Waals surface area contributed by atoms with Gasteiger partial charge in [0.15, 0.2) is 5.65 Å². The third-order valence-corrected chi connectivity index (χ3v) is 2.80. The van der Waals surface area contributed by atoms with Crippen LogP contribution in [0.15, 0.2) is 48.9 Å². The molecule has 0 spiro atoms. The first-order valence-electron chi connectivity index (χ1n) is 5.90. The van der Waals surface area contributed by atoms with Crippen LogP contribution in [-0.2, 0) is 0 Å². The Bertz CT molecular complexity index is 748. The fraction of sp³-hybridized carbons (Fsp3) is 0.0714. The molecular formula is C14H12N4O. The number of carbonyl (C=O) groups is 1. The van der Waals surface area contributed by atoms with Crippen molar-refractivity contribution in [2.75, 3.05) is 5.32 Å². The van der Waals surface area contributed by atoms with Gasteiger partial charge in [-0.3, -0.25) is 4.79 Å². The maximum atomic E-state index is 12.2. The molecule has 94 valence electrons. The van der Waals surface area contributed by atoms with E-state index in [1.807, 2.05) is 31.2 Å². The van der Waals surface area contributed by atoms with Crippen LogP contribution in [0.4, 0.5) is 5.69 Å². The molecule has 2 aromatic heterocycles. The molecule has 0 unspecified atom stereocenters. The zero-order valence-corrected chi connectivity index (χ0v) is 10.4. The SMILES string of the molecule is Cc1cccc(NC(=O)c2cnn3cccnc23)c1. The summed E-state index contributed by atoms with van der Waals surface area (Å²) in [6, 6.07) is 9.41. The minimum absolute atomic E-state index is 0.209. The number of aromatic nitrogens is 3. The minimum atomic E-state index is -0.209. The second kappa shape index (κ2) is 4.53. The summed E-state index contributed by atoms with van der Waals surface area (Å²) < 4.78 is 1.57. The van der Waals surface area contributed by atoms with E-state index >= 15 is 0 Å². The molecular weight excluding hydrogens is 240 g/mol. The summed E-state index contributed by atoms with van der Waals surface area (Å²) in [6.07, 6.45) is 4.92. The maximum Gasteiger partial charge on any atom is 0.261 e. The van der Waals surface area contributed by atoms with E-state index < -0.39 is 0 Å². The molecule has 0 atom stereocenters. The largest absolute Gasteiger partial charge is 0.322 e. The van der Waals surface area contributed by atoms with Crippen molar-refractivity contribution in [1.29, 1.82) is 0 Å². The lowest BCUT2D eigenvalue weighted by Crippen LogP contribution is -2.12. The zero-order valence-electron chi connectivity index (χ0n) is 10.4. The number of carbonyl (C=O) groups excluding carboxylic acids is 1. The number of nitrogens with one attached hydrogen (secondary N) is 1. The Balaban J connectivity index is 1.92. The van der Waals surface area contributed by atoms with Gasteiger partial charge in [0.25, 0.3) is 5.91 Å². The van der Waals surface area contributed by atoms with E-state index in [2.05, 4.69) is 15.4 Å². The molecule has 5 nitrogen and oxygen atoms in total. The summed E-state index contributed by atoms with van der Waals surface area (Å²) in [4.78, 5) is 16.4. The van der Waals surface area contributed by atoms with Crippen LogP contribution in [0.25, 0.3) is 5.65 Å². The van der Waals surface area contributed by atoms with E-state index in [1.54, 1.807) is 23.0 Å². The van der Waals surface area contributed by atoms with Gasteiger partial charge in [0.1, 0.15) is 5.56 Å². The van der Waals surface area contributed by atoms with E-state index in [0.29, 0.717) is 11.2 Å². The number of rotatable bonds is 2. The first-order valence-corrected chi connectivity index (χ1v) is 5.90. The highest BCUT2D eigenvalue weighted by molar-refractivity contribution is 6.08. The van der Waals surface area contributed by atoms with Crippen molar-refractivity contribution in [2.45, 2.75) is 6.92 Å². The topological polar surface area (TPSA) is 59.3 Å². The maximum absolute atomic E-state index is 12.2. The van der Waals surface area contributed by atoms with Gasteiger partial charge in [-0.15, -0.1) is 0 Å². The number of fused-ring (bicyclic) bond motifs is 1. The fourth-order valence-electron chi connectivity index (χ4n) is 1.91. The number of nitrogens with zero attached hydrogens (tertiary/aromatic N) is 3. The van der Waals surface area contributed by atoms with Gasteiger partial charge in [0, 0.05) is 18.1 Å². The van der Waals surface area contributed by atoms with Crippen LogP contribution in [0.2, 0.25) is 0 Å². The predicted octanol–water partition coefficient (Wildman–Crippen LogP) is 2.29. The second-order valence-corrected chi connectivity index (χ2v) is 4.27. The standard InChI is InChI=1S/C14H12N4O/c1-10-4-2-5-11(8-10)17-14(19)12-9-16-18-7-3-6-15-13(12)18/h2-9H,1H3,(H,17,19). The van der Waals surface area contributed by atoms with Gasteiger partial charge in [-0.2, -0.15) is 5.10 Å². The number of hydrogen-bond donors (Lipinski definition) is 1. The molecule has 0 saturated carbocycles. The molecule has 3 rings (SSSR count). The van der Waals surface area contributed by atoms with Gasteiger partial charge in [-0.05, 0) is 30.7 Å². The Morgan fingerprint density at radius 3 is 3.05 bits per heavy atom. The predicted molar refractivity (Wildman–Crippen MR) is 72.1 cm³/mol. The number of benzene rings is 1. The Kier molecular flexibility index (Phi) is 2.72. The van der Waals surface area contributed by atoms with Crippen LogP contribution < -0.4 is 5.32 Å². The summed E-state index contributed by atoms with van der Waals surface area (Å²) in [7, 11) is 0. The van der Waals surface area contributed by atoms with Crippen LogP contribution >= 0.6 is 0 Å². The highest BCUT2D eigenvalue weighted by Crippen LogP contribution is 2.13. The average Bonchev–Trinajstić information content (AvgIpc) is 2.82. The van der Waals surface area contributed by atoms with Crippen molar-refractivity contribution < 1.29 is 4.79 Å². The molecule has 0 fully saturated rings. The van der Waals surface area contributed by atoms with Crippen LogP contribution in [0, 0.1) is 6.92 Å². The summed E-state index contributed by atoms with van der Waals surface area (Å²) in [5, 5.41) is 6.94. The zero-order chi connectivity index (χ0) is 13.2. The van der Waals surface area contributed by atoms with Crippen molar-refractivity contribution in [2.24, 2.45) is 0 Å². The molecule has 5 heteroatoms. The number of aryl methyl sites for hydroxylation is 1. The van der Waals surface area contributed by atoms with E-state index in [0.717, 1.165) is 11.3 Å². The molecule has 0 bridgehead atoms. The van der Waals surface area contributed by atoms with Crippen LogP contribution in [0.5, 0.6) is 0 Å². The summed E-state index contributed by atoms with van der Waals surface area (Å²) >= 11 is 0. The molecule has 1 N–H and O–H groups in total. The first-order chi connectivity index (χ1) is 9.24. The van der Waals surface area contributed by atoms with Crippen LogP contribution in [-0.4, -0.2) is 20.5 Å². The van der Waals surface area contributed by atoms with E-state index in [4.69, 9.17) is 0 Å². The molecule has 0 aliphatic heterocycles. The lowest BCUT2D eigenvalue weighted by Gasteiger charge is -2.04. The third-order valence-electron chi connectivity index (χ3n) is 2.80. The Morgan fingerprint density at radius 2 is 2.21 bits per heavy atom. The molecule has 1 amide bonds. The van der Waals surface area contributed by atoms with Crippen molar-refractivity contribution in [3.05, 3.63) is 60.0 Å². The smallest absolute Gasteiger partial charge is 0.261 e. The Labute approximate surface area is 109 Å². The van der Waals surface area contributed by atoms with Gasteiger partial charge in [0.05, 0.1) is 6.20 Å². The summed E-state index contributed by atoms with van der Waals surface area (Å²) in [5.41, 5.74) is 2.87. The summed E-state index contributed by atoms with van der Waals surface area (Å²) in [5.74, 6) is -0.209. The Hall–Kier alpha value is -2.69.